The molecular weight excluding hydrogens is 340 g/mol. The van der Waals surface area contributed by atoms with Crippen molar-refractivity contribution in [3.63, 3.8) is 0 Å². The Morgan fingerprint density at radius 2 is 1.61 bits per heavy atom. The van der Waals surface area contributed by atoms with E-state index in [1.165, 1.54) is 42.4 Å². The van der Waals surface area contributed by atoms with Gasteiger partial charge < -0.3 is 4.74 Å². The maximum atomic E-state index is 5.74. The highest BCUT2D eigenvalue weighted by molar-refractivity contribution is 5.65. The van der Waals surface area contributed by atoms with E-state index in [1.807, 2.05) is 0 Å². The van der Waals surface area contributed by atoms with Crippen LogP contribution in [-0.4, -0.2) is 6.61 Å². The van der Waals surface area contributed by atoms with E-state index in [-0.39, 0.29) is 0 Å². The van der Waals surface area contributed by atoms with Gasteiger partial charge in [-0.3, -0.25) is 0 Å². The molecule has 0 radical (unpaired) electrons. The number of allylic oxidation sites excluding steroid dienone is 2. The Morgan fingerprint density at radius 3 is 2.21 bits per heavy atom. The quantitative estimate of drug-likeness (QED) is 0.363. The average molecular weight is 373 g/mol. The number of benzene rings is 2. The second-order valence-electron chi connectivity index (χ2n) is 7.71. The number of hydrogen-bond acceptors (Lipinski definition) is 1. The Labute approximate surface area is 170 Å². The van der Waals surface area contributed by atoms with E-state index in [0.717, 1.165) is 43.1 Å². The molecule has 0 fully saturated rings. The molecule has 0 N–H and O–H groups in total. The third-order valence-electron chi connectivity index (χ3n) is 5.42. The Balaban J connectivity index is 1.58. The molecule has 0 amide bonds. The number of unbranched alkanes of at least 4 members (excludes halogenated alkanes) is 1. The van der Waals surface area contributed by atoms with E-state index in [4.69, 9.17) is 4.74 Å². The van der Waals surface area contributed by atoms with Crippen LogP contribution in [0.2, 0.25) is 0 Å². The zero-order valence-corrected chi connectivity index (χ0v) is 17.3. The molecule has 0 saturated carbocycles. The first-order valence-corrected chi connectivity index (χ1v) is 10.8. The summed E-state index contributed by atoms with van der Waals surface area (Å²) in [6, 6.07) is 16.9. The molecule has 2 aromatic carbocycles. The second kappa shape index (κ2) is 10.8. The first kappa shape index (κ1) is 20.3. The maximum Gasteiger partial charge on any atom is 0.119 e. The molecule has 2 aromatic rings. The van der Waals surface area contributed by atoms with Crippen molar-refractivity contribution >= 4 is 0 Å². The van der Waals surface area contributed by atoms with Gasteiger partial charge in [-0.1, -0.05) is 75.3 Å². The lowest BCUT2D eigenvalue weighted by atomic mass is 9.87. The summed E-state index contributed by atoms with van der Waals surface area (Å²) in [5.41, 5.74) is 4.82. The van der Waals surface area contributed by atoms with Crippen LogP contribution in [0.1, 0.15) is 64.4 Å². The molecule has 0 spiro atoms. The third-order valence-corrected chi connectivity index (χ3v) is 5.42. The van der Waals surface area contributed by atoms with Crippen molar-refractivity contribution in [3.8, 4) is 28.7 Å². The van der Waals surface area contributed by atoms with Crippen LogP contribution in [0.15, 0.2) is 60.2 Å². The first-order valence-electron chi connectivity index (χ1n) is 10.8. The van der Waals surface area contributed by atoms with Crippen LogP contribution in [0.5, 0.6) is 5.75 Å². The van der Waals surface area contributed by atoms with E-state index < -0.39 is 0 Å². The zero-order valence-electron chi connectivity index (χ0n) is 17.3. The lowest BCUT2D eigenvalue weighted by molar-refractivity contribution is 0.309. The minimum Gasteiger partial charge on any atom is -0.494 e. The predicted octanol–water partition coefficient (Wildman–Crippen LogP) is 7.41. The summed E-state index contributed by atoms with van der Waals surface area (Å²) >= 11 is 0. The summed E-state index contributed by atoms with van der Waals surface area (Å²) in [5, 5.41) is 0. The van der Waals surface area contributed by atoms with E-state index in [9.17, 15) is 0 Å². The van der Waals surface area contributed by atoms with Gasteiger partial charge in [0.1, 0.15) is 5.75 Å². The van der Waals surface area contributed by atoms with Gasteiger partial charge in [0.05, 0.1) is 6.61 Å². The van der Waals surface area contributed by atoms with Crippen LogP contribution in [0.3, 0.4) is 0 Å². The topological polar surface area (TPSA) is 9.23 Å². The molecule has 1 nitrogen and oxygen atoms in total. The molecule has 1 aliphatic carbocycles. The van der Waals surface area contributed by atoms with Crippen LogP contribution < -0.4 is 4.74 Å². The fraction of sp³-hybridized carbons (Fsp3) is 0.407. The summed E-state index contributed by atoms with van der Waals surface area (Å²) in [4.78, 5) is 0. The van der Waals surface area contributed by atoms with E-state index in [1.54, 1.807) is 0 Å². The maximum absolute atomic E-state index is 5.74. The summed E-state index contributed by atoms with van der Waals surface area (Å²) in [6.45, 7) is 5.24. The van der Waals surface area contributed by atoms with Crippen LogP contribution in [0.25, 0.3) is 11.1 Å². The van der Waals surface area contributed by atoms with Crippen LogP contribution in [0.4, 0.5) is 0 Å². The van der Waals surface area contributed by atoms with Gasteiger partial charge in [-0.15, -0.1) is 0 Å². The summed E-state index contributed by atoms with van der Waals surface area (Å²) in [5.74, 6) is 8.54. The molecule has 28 heavy (non-hydrogen) atoms. The van der Waals surface area contributed by atoms with Gasteiger partial charge in [0.25, 0.3) is 0 Å². The Morgan fingerprint density at radius 1 is 0.893 bits per heavy atom. The summed E-state index contributed by atoms with van der Waals surface area (Å²) < 4.78 is 5.74. The fourth-order valence-electron chi connectivity index (χ4n) is 3.65. The van der Waals surface area contributed by atoms with Gasteiger partial charge >= 0.3 is 0 Å². The first-order chi connectivity index (χ1) is 13.8. The Bertz CT molecular complexity index is 815. The number of ether oxygens (including phenoxy) is 1. The Hall–Kier alpha value is -2.46. The highest BCUT2D eigenvalue weighted by atomic mass is 16.5. The van der Waals surface area contributed by atoms with Gasteiger partial charge in [0.2, 0.25) is 0 Å². The fourth-order valence-corrected chi connectivity index (χ4v) is 3.65. The van der Waals surface area contributed by atoms with Crippen LogP contribution in [0, 0.1) is 17.8 Å². The van der Waals surface area contributed by atoms with Crippen molar-refractivity contribution in [3.05, 3.63) is 65.7 Å². The van der Waals surface area contributed by atoms with Crippen LogP contribution >= 0.6 is 0 Å². The number of hydrogen-bond donors (Lipinski definition) is 0. The van der Waals surface area contributed by atoms with Gasteiger partial charge in [-0.25, -0.2) is 0 Å². The van der Waals surface area contributed by atoms with Gasteiger partial charge in [-0.05, 0) is 72.6 Å². The Kier molecular flexibility index (Phi) is 7.80. The molecule has 0 bridgehead atoms. The molecule has 0 aromatic heterocycles. The normalized spacial score (nSPS) is 16.1. The molecule has 1 heteroatoms. The van der Waals surface area contributed by atoms with Gasteiger partial charge in [-0.2, -0.15) is 0 Å². The molecule has 1 unspecified atom stereocenters. The summed E-state index contributed by atoms with van der Waals surface area (Å²) in [7, 11) is 0. The van der Waals surface area contributed by atoms with Crippen molar-refractivity contribution in [2.24, 2.45) is 5.92 Å². The molecule has 1 aliphatic rings. The smallest absolute Gasteiger partial charge is 0.119 e. The third kappa shape index (κ3) is 6.03. The SMILES string of the molecule is CCCCOc1ccc(-c2ccc(C#CC3=CCC(CCC)CC3)cc2)cc1. The van der Waals surface area contributed by atoms with Crippen molar-refractivity contribution in [2.75, 3.05) is 6.61 Å². The minimum atomic E-state index is 0.791. The molecular formula is C27H32O. The van der Waals surface area contributed by atoms with Crippen LogP contribution in [-0.2, 0) is 0 Å². The van der Waals surface area contributed by atoms with Gasteiger partial charge in [0, 0.05) is 5.56 Å². The molecule has 0 saturated heterocycles. The summed E-state index contributed by atoms with van der Waals surface area (Å²) in [6.07, 6.45) is 10.9. The van der Waals surface area contributed by atoms with E-state index in [2.05, 4.69) is 80.3 Å². The van der Waals surface area contributed by atoms with Crippen molar-refractivity contribution in [1.82, 2.24) is 0 Å². The van der Waals surface area contributed by atoms with Crippen molar-refractivity contribution < 1.29 is 4.74 Å². The molecule has 146 valence electrons. The molecule has 0 heterocycles. The lowest BCUT2D eigenvalue weighted by Gasteiger charge is -2.18. The second-order valence-corrected chi connectivity index (χ2v) is 7.71. The van der Waals surface area contributed by atoms with Crippen molar-refractivity contribution in [2.45, 2.75) is 58.8 Å². The van der Waals surface area contributed by atoms with E-state index >= 15 is 0 Å². The molecule has 3 rings (SSSR count). The molecule has 1 atom stereocenters. The van der Waals surface area contributed by atoms with Crippen molar-refractivity contribution in [1.29, 1.82) is 0 Å². The molecule has 0 aliphatic heterocycles. The monoisotopic (exact) mass is 372 g/mol. The standard InChI is InChI=1S/C27H32O/c1-3-5-21-28-27-19-17-26(18-20-27)25-15-13-24(14-16-25)12-11-23-9-7-22(6-4-2)8-10-23/h9,13-20,22H,3-8,10,21H2,1-2H3. The largest absolute Gasteiger partial charge is 0.494 e. The highest BCUT2D eigenvalue weighted by Gasteiger charge is 2.12. The average Bonchev–Trinajstić information content (AvgIpc) is 2.75. The highest BCUT2D eigenvalue weighted by Crippen LogP contribution is 2.27. The number of rotatable bonds is 7. The predicted molar refractivity (Wildman–Crippen MR) is 119 cm³/mol. The van der Waals surface area contributed by atoms with Gasteiger partial charge in [0.15, 0.2) is 0 Å². The van der Waals surface area contributed by atoms with E-state index in [0.29, 0.717) is 0 Å². The zero-order chi connectivity index (χ0) is 19.6. The minimum absolute atomic E-state index is 0.791. The lowest BCUT2D eigenvalue weighted by Crippen LogP contribution is -2.04.